The number of nitro groups is 2. The van der Waals surface area contributed by atoms with Crippen molar-refractivity contribution in [3.63, 3.8) is 0 Å². The molecule has 1 N–H and O–H groups in total. The Morgan fingerprint density at radius 2 is 1.93 bits per heavy atom. The van der Waals surface area contributed by atoms with Crippen LogP contribution in [0.15, 0.2) is 41.5 Å². The van der Waals surface area contributed by atoms with Crippen molar-refractivity contribution in [2.45, 2.75) is 13.5 Å². The monoisotopic (exact) mass is 413 g/mol. The quantitative estimate of drug-likeness (QED) is 0.475. The molecule has 0 aliphatic carbocycles. The summed E-state index contributed by atoms with van der Waals surface area (Å²) in [6, 6.07) is 6.23. The number of anilines is 1. The second kappa shape index (κ2) is 7.95. The van der Waals surface area contributed by atoms with Crippen LogP contribution in [0.2, 0.25) is 0 Å². The van der Waals surface area contributed by atoms with E-state index in [1.54, 1.807) is 6.92 Å². The summed E-state index contributed by atoms with van der Waals surface area (Å²) in [7, 11) is 1.27. The summed E-state index contributed by atoms with van der Waals surface area (Å²) in [5.41, 5.74) is -0.110. The summed E-state index contributed by atoms with van der Waals surface area (Å²) >= 11 is 0. The Hall–Kier alpha value is -4.35. The van der Waals surface area contributed by atoms with Crippen molar-refractivity contribution < 1.29 is 19.4 Å². The summed E-state index contributed by atoms with van der Waals surface area (Å²) in [6.45, 7) is 1.20. The first kappa shape index (κ1) is 20.4. The molecule has 0 radical (unpaired) electrons. The molecular formula is C18H15N5O7. The fourth-order valence-electron chi connectivity index (χ4n) is 2.83. The first-order valence-electron chi connectivity index (χ1n) is 8.47. The smallest absolute Gasteiger partial charge is 0.311 e. The molecule has 0 spiro atoms. The largest absolute Gasteiger partial charge is 0.490 e. The Morgan fingerprint density at radius 1 is 1.20 bits per heavy atom. The van der Waals surface area contributed by atoms with Crippen molar-refractivity contribution in [2.24, 2.45) is 0 Å². The number of nitrogens with zero attached hydrogens (tertiary/aromatic N) is 4. The number of ether oxygens (including phenoxy) is 1. The summed E-state index contributed by atoms with van der Waals surface area (Å²) < 4.78 is 6.05. The van der Waals surface area contributed by atoms with Gasteiger partial charge >= 0.3 is 5.69 Å². The number of methoxy groups -OCH3 is 1. The highest BCUT2D eigenvalue weighted by atomic mass is 16.6. The number of non-ortho nitro benzene ring substituents is 1. The number of hydrogen-bond donors (Lipinski definition) is 1. The molecule has 30 heavy (non-hydrogen) atoms. The van der Waals surface area contributed by atoms with Crippen LogP contribution in [0.5, 0.6) is 5.75 Å². The number of aromatic nitrogens is 2. The van der Waals surface area contributed by atoms with Crippen LogP contribution in [0.1, 0.15) is 5.56 Å². The lowest BCUT2D eigenvalue weighted by Crippen LogP contribution is -2.28. The van der Waals surface area contributed by atoms with E-state index >= 15 is 0 Å². The highest BCUT2D eigenvalue weighted by molar-refractivity contribution is 5.92. The number of carbonyl (C=O) groups is 1. The van der Waals surface area contributed by atoms with Gasteiger partial charge in [0.2, 0.25) is 5.91 Å². The van der Waals surface area contributed by atoms with Crippen molar-refractivity contribution in [1.82, 2.24) is 9.55 Å². The van der Waals surface area contributed by atoms with Gasteiger partial charge in [0.1, 0.15) is 6.54 Å². The predicted octanol–water partition coefficient (Wildman–Crippen LogP) is 2.17. The van der Waals surface area contributed by atoms with Gasteiger partial charge in [0.15, 0.2) is 5.75 Å². The number of hydrogen-bond acceptors (Lipinski definition) is 8. The minimum absolute atomic E-state index is 0.0213. The number of nitro benzene ring substituents is 2. The number of aryl methyl sites for hydroxylation is 1. The van der Waals surface area contributed by atoms with E-state index in [2.05, 4.69) is 10.3 Å². The molecule has 2 aromatic carbocycles. The van der Waals surface area contributed by atoms with Gasteiger partial charge in [-0.25, -0.2) is 4.98 Å². The molecule has 154 valence electrons. The second-order valence-electron chi connectivity index (χ2n) is 6.28. The van der Waals surface area contributed by atoms with Gasteiger partial charge in [0.25, 0.3) is 11.2 Å². The van der Waals surface area contributed by atoms with Crippen molar-refractivity contribution in [3.8, 4) is 5.75 Å². The Morgan fingerprint density at radius 3 is 2.57 bits per heavy atom. The second-order valence-corrected chi connectivity index (χ2v) is 6.28. The Balaban J connectivity index is 1.86. The van der Waals surface area contributed by atoms with Gasteiger partial charge in [-0.3, -0.25) is 34.4 Å². The van der Waals surface area contributed by atoms with Crippen LogP contribution in [-0.2, 0) is 11.3 Å². The number of nitrogens with one attached hydrogen (secondary N) is 1. The lowest BCUT2D eigenvalue weighted by molar-refractivity contribution is -0.385. The Kier molecular flexibility index (Phi) is 5.40. The highest BCUT2D eigenvalue weighted by Crippen LogP contribution is 2.32. The summed E-state index contributed by atoms with van der Waals surface area (Å²) in [6.07, 6.45) is 1.12. The average Bonchev–Trinajstić information content (AvgIpc) is 2.70. The van der Waals surface area contributed by atoms with E-state index in [4.69, 9.17) is 4.74 Å². The molecule has 0 saturated carbocycles. The van der Waals surface area contributed by atoms with Gasteiger partial charge in [-0.1, -0.05) is 0 Å². The lowest BCUT2D eigenvalue weighted by Gasteiger charge is -2.12. The van der Waals surface area contributed by atoms with Crippen LogP contribution in [0.25, 0.3) is 10.9 Å². The normalized spacial score (nSPS) is 10.6. The minimum Gasteiger partial charge on any atom is -0.490 e. The van der Waals surface area contributed by atoms with Crippen molar-refractivity contribution in [1.29, 1.82) is 0 Å². The van der Waals surface area contributed by atoms with Crippen LogP contribution in [-0.4, -0.2) is 32.4 Å². The highest BCUT2D eigenvalue weighted by Gasteiger charge is 2.19. The van der Waals surface area contributed by atoms with Gasteiger partial charge in [-0.2, -0.15) is 0 Å². The first-order valence-corrected chi connectivity index (χ1v) is 8.47. The first-order chi connectivity index (χ1) is 14.2. The molecule has 0 bridgehead atoms. The average molecular weight is 413 g/mol. The Labute approximate surface area is 168 Å². The molecule has 3 aromatic rings. The number of benzene rings is 2. The van der Waals surface area contributed by atoms with Crippen LogP contribution >= 0.6 is 0 Å². The molecule has 0 atom stereocenters. The fourth-order valence-corrected chi connectivity index (χ4v) is 2.83. The topological polar surface area (TPSA) is 160 Å². The van der Waals surface area contributed by atoms with Crippen molar-refractivity contribution >= 4 is 33.9 Å². The van der Waals surface area contributed by atoms with E-state index in [1.807, 2.05) is 0 Å². The van der Waals surface area contributed by atoms with E-state index in [1.165, 1.54) is 37.4 Å². The molecule has 0 saturated heterocycles. The maximum Gasteiger partial charge on any atom is 0.311 e. The standard InChI is InChI=1S/C18H15N5O7/c1-10-5-15(23(28)29)16(30-2)7-13(10)20-17(24)8-21-9-19-14-6-11(22(26)27)3-4-12(14)18(21)25/h3-7,9H,8H2,1-2H3,(H,20,24). The van der Waals surface area contributed by atoms with E-state index in [0.29, 0.717) is 11.3 Å². The van der Waals surface area contributed by atoms with Crippen LogP contribution < -0.4 is 15.6 Å². The van der Waals surface area contributed by atoms with E-state index in [9.17, 15) is 29.8 Å². The molecule has 1 amide bonds. The van der Waals surface area contributed by atoms with Gasteiger partial charge in [0, 0.05) is 30.0 Å². The molecule has 1 heterocycles. The van der Waals surface area contributed by atoms with Gasteiger partial charge < -0.3 is 10.1 Å². The third-order valence-corrected chi connectivity index (χ3v) is 4.33. The third-order valence-electron chi connectivity index (χ3n) is 4.33. The van der Waals surface area contributed by atoms with E-state index < -0.39 is 21.3 Å². The number of fused-ring (bicyclic) bond motifs is 1. The molecule has 0 aliphatic heterocycles. The zero-order valence-electron chi connectivity index (χ0n) is 15.8. The third kappa shape index (κ3) is 3.92. The van der Waals surface area contributed by atoms with Crippen molar-refractivity contribution in [3.05, 3.63) is 72.8 Å². The number of rotatable bonds is 6. The van der Waals surface area contributed by atoms with Crippen LogP contribution in [0.3, 0.4) is 0 Å². The summed E-state index contributed by atoms with van der Waals surface area (Å²) in [5.74, 6) is -0.591. The van der Waals surface area contributed by atoms with Gasteiger partial charge in [-0.05, 0) is 18.6 Å². The van der Waals surface area contributed by atoms with Gasteiger partial charge in [0.05, 0.1) is 34.2 Å². The summed E-state index contributed by atoms with van der Waals surface area (Å²) in [5, 5.41) is 24.6. The lowest BCUT2D eigenvalue weighted by atomic mass is 10.1. The number of carbonyl (C=O) groups excluding carboxylic acids is 1. The minimum atomic E-state index is -0.596. The molecule has 12 nitrogen and oxygen atoms in total. The molecule has 3 rings (SSSR count). The summed E-state index contributed by atoms with van der Waals surface area (Å²) in [4.78, 5) is 49.7. The van der Waals surface area contributed by atoms with Crippen LogP contribution in [0, 0.1) is 27.2 Å². The fraction of sp³-hybridized carbons (Fsp3) is 0.167. The molecule has 1 aromatic heterocycles. The van der Waals surface area contributed by atoms with E-state index in [-0.39, 0.29) is 34.6 Å². The Bertz CT molecular complexity index is 1250. The zero-order chi connectivity index (χ0) is 22.0. The molecule has 12 heteroatoms. The van der Waals surface area contributed by atoms with Gasteiger partial charge in [-0.15, -0.1) is 0 Å². The molecular weight excluding hydrogens is 398 g/mol. The zero-order valence-corrected chi connectivity index (χ0v) is 15.8. The molecule has 0 unspecified atom stereocenters. The molecule has 0 aliphatic rings. The van der Waals surface area contributed by atoms with E-state index in [0.717, 1.165) is 10.9 Å². The number of amides is 1. The predicted molar refractivity (Wildman–Crippen MR) is 106 cm³/mol. The maximum absolute atomic E-state index is 12.6. The van der Waals surface area contributed by atoms with Crippen molar-refractivity contribution in [2.75, 3.05) is 12.4 Å². The SMILES string of the molecule is COc1cc(NC(=O)Cn2cnc3cc([N+](=O)[O-])ccc3c2=O)c(C)cc1[N+](=O)[O-]. The maximum atomic E-state index is 12.6. The molecule has 0 fully saturated rings. The van der Waals surface area contributed by atoms with Crippen LogP contribution in [0.4, 0.5) is 17.1 Å².